The third-order valence-electron chi connectivity index (χ3n) is 3.13. The first-order chi connectivity index (χ1) is 8.32. The Balaban J connectivity index is 5.27. The summed E-state index contributed by atoms with van der Waals surface area (Å²) in [5, 5.41) is 0. The van der Waals surface area contributed by atoms with Crippen LogP contribution < -0.4 is 0 Å². The molecule has 0 aromatic heterocycles. The summed E-state index contributed by atoms with van der Waals surface area (Å²) < 4.78 is 18.7. The minimum atomic E-state index is -1.61. The highest BCUT2D eigenvalue weighted by molar-refractivity contribution is 6.70. The second-order valence-electron chi connectivity index (χ2n) is 7.73. The first-order valence-electron chi connectivity index (χ1n) is 7.19. The summed E-state index contributed by atoms with van der Waals surface area (Å²) in [4.78, 5) is 0. The Morgan fingerprint density at radius 3 is 1.74 bits per heavy atom. The molecule has 0 bridgehead atoms. The van der Waals surface area contributed by atoms with Crippen LogP contribution >= 0.6 is 0 Å². The fourth-order valence-corrected chi connectivity index (χ4v) is 8.92. The molecule has 0 aromatic carbocycles. The molecule has 0 saturated heterocycles. The predicted molar refractivity (Wildman–Crippen MR) is 95.5 cm³/mol. The fourth-order valence-electron chi connectivity index (χ4n) is 2.11. The first kappa shape index (κ1) is 19.7. The van der Waals surface area contributed by atoms with Crippen molar-refractivity contribution in [3.05, 3.63) is 0 Å². The van der Waals surface area contributed by atoms with E-state index in [-0.39, 0.29) is 11.3 Å². The van der Waals surface area contributed by atoms with Gasteiger partial charge in [0.15, 0.2) is 26.4 Å². The van der Waals surface area contributed by atoms with Gasteiger partial charge < -0.3 is 13.0 Å². The van der Waals surface area contributed by atoms with Gasteiger partial charge in [0.05, 0.1) is 11.3 Å². The molecule has 2 unspecified atom stereocenters. The van der Waals surface area contributed by atoms with Gasteiger partial charge in [0.1, 0.15) is 10.5 Å². The number of hydrogen-bond donors (Lipinski definition) is 0. The summed E-state index contributed by atoms with van der Waals surface area (Å²) in [6.45, 7) is 20.2. The van der Waals surface area contributed by atoms with Gasteiger partial charge in [0.2, 0.25) is 0 Å². The molecule has 0 N–H and O–H groups in total. The third kappa shape index (κ3) is 7.35. The molecule has 116 valence electrons. The van der Waals surface area contributed by atoms with Crippen LogP contribution in [0.4, 0.5) is 0 Å². The maximum Gasteiger partial charge on any atom is 0.184 e. The van der Waals surface area contributed by atoms with Crippen LogP contribution in [0.2, 0.25) is 39.3 Å². The minimum absolute atomic E-state index is 0.170. The predicted octanol–water partition coefficient (Wildman–Crippen LogP) is 1.81. The van der Waals surface area contributed by atoms with E-state index in [1.807, 2.05) is 0 Å². The van der Waals surface area contributed by atoms with Crippen LogP contribution in [0.15, 0.2) is 0 Å². The SMILES string of the molecule is CC(C)C(C)(O[Si](C)(C)C)C(O[Si](C)(C)C)[SiH2]O[SiH3]. The zero-order valence-electron chi connectivity index (χ0n) is 14.6. The van der Waals surface area contributed by atoms with Gasteiger partial charge in [-0.1, -0.05) is 13.8 Å². The van der Waals surface area contributed by atoms with Gasteiger partial charge in [-0.15, -0.1) is 0 Å². The number of hydrogen-bond acceptors (Lipinski definition) is 3. The molecule has 7 heteroatoms. The molecule has 0 saturated carbocycles. The second-order valence-corrected chi connectivity index (χ2v) is 20.0. The minimum Gasteiger partial charge on any atom is -0.466 e. The lowest BCUT2D eigenvalue weighted by atomic mass is 9.93. The quantitative estimate of drug-likeness (QED) is 0.632. The second kappa shape index (κ2) is 7.15. The van der Waals surface area contributed by atoms with Crippen molar-refractivity contribution in [1.29, 1.82) is 0 Å². The van der Waals surface area contributed by atoms with E-state index >= 15 is 0 Å². The molecular formula is C12H34O3Si4. The molecule has 2 atom stereocenters. The normalized spacial score (nSPS) is 19.3. The van der Waals surface area contributed by atoms with Gasteiger partial charge >= 0.3 is 0 Å². The van der Waals surface area contributed by atoms with Crippen molar-refractivity contribution in [1.82, 2.24) is 0 Å². The van der Waals surface area contributed by atoms with Crippen molar-refractivity contribution in [3.8, 4) is 0 Å². The average molecular weight is 339 g/mol. The van der Waals surface area contributed by atoms with Crippen molar-refractivity contribution in [2.75, 3.05) is 0 Å². The Morgan fingerprint density at radius 2 is 1.47 bits per heavy atom. The fraction of sp³-hybridized carbons (Fsp3) is 1.00. The van der Waals surface area contributed by atoms with E-state index in [1.54, 1.807) is 0 Å². The van der Waals surface area contributed by atoms with Crippen LogP contribution in [-0.4, -0.2) is 48.2 Å². The molecule has 0 radical (unpaired) electrons. The average Bonchev–Trinajstić information content (AvgIpc) is 2.11. The van der Waals surface area contributed by atoms with E-state index in [1.165, 1.54) is 0 Å². The van der Waals surface area contributed by atoms with Crippen molar-refractivity contribution in [2.24, 2.45) is 5.92 Å². The molecule has 0 rings (SSSR count). The maximum atomic E-state index is 6.55. The van der Waals surface area contributed by atoms with Gasteiger partial charge in [-0.05, 0) is 52.1 Å². The van der Waals surface area contributed by atoms with E-state index in [0.29, 0.717) is 5.92 Å². The molecule has 0 fully saturated rings. The van der Waals surface area contributed by atoms with Crippen molar-refractivity contribution in [3.63, 3.8) is 0 Å². The number of rotatable bonds is 8. The molecule has 0 aliphatic heterocycles. The van der Waals surface area contributed by atoms with Gasteiger partial charge in [-0.3, -0.25) is 0 Å². The lowest BCUT2D eigenvalue weighted by Gasteiger charge is -2.46. The van der Waals surface area contributed by atoms with E-state index in [0.717, 1.165) is 10.5 Å². The smallest absolute Gasteiger partial charge is 0.184 e. The van der Waals surface area contributed by atoms with Crippen molar-refractivity contribution < 1.29 is 13.0 Å². The van der Waals surface area contributed by atoms with E-state index in [9.17, 15) is 0 Å². The largest absolute Gasteiger partial charge is 0.466 e. The molecule has 0 aromatic rings. The summed E-state index contributed by atoms with van der Waals surface area (Å²) >= 11 is 0. The summed E-state index contributed by atoms with van der Waals surface area (Å²) in [5.74, 6) is 0.435. The van der Waals surface area contributed by atoms with Crippen LogP contribution in [0.3, 0.4) is 0 Å². The molecule has 0 heterocycles. The van der Waals surface area contributed by atoms with Crippen molar-refractivity contribution in [2.45, 2.75) is 71.4 Å². The zero-order valence-corrected chi connectivity index (χ0v) is 20.0. The first-order valence-corrected chi connectivity index (χ1v) is 16.2. The van der Waals surface area contributed by atoms with Gasteiger partial charge in [-0.25, -0.2) is 0 Å². The maximum absolute atomic E-state index is 6.55. The van der Waals surface area contributed by atoms with E-state index < -0.39 is 26.4 Å². The van der Waals surface area contributed by atoms with Crippen LogP contribution in [-0.2, 0) is 13.0 Å². The standard InChI is InChI=1S/C12H34O3Si4/c1-10(2)12(3,14-19(7,8)9)11(17-15-16)13-18(4,5)6/h10-11H,17H2,1-9,16H3. The molecule has 0 spiro atoms. The summed E-state index contributed by atoms with van der Waals surface area (Å²) in [7, 11) is -3.08. The Morgan fingerprint density at radius 1 is 1.00 bits per heavy atom. The highest BCUT2D eigenvalue weighted by Gasteiger charge is 2.44. The third-order valence-corrected chi connectivity index (χ3v) is 8.12. The van der Waals surface area contributed by atoms with Crippen LogP contribution in [0.1, 0.15) is 20.8 Å². The van der Waals surface area contributed by atoms with Gasteiger partial charge in [-0.2, -0.15) is 0 Å². The Bertz CT molecular complexity index is 273. The van der Waals surface area contributed by atoms with Crippen LogP contribution in [0.5, 0.6) is 0 Å². The zero-order chi connectivity index (χ0) is 15.5. The summed E-state index contributed by atoms with van der Waals surface area (Å²) in [6.07, 6.45) is 0. The van der Waals surface area contributed by atoms with E-state index in [4.69, 9.17) is 13.0 Å². The Labute approximate surface area is 127 Å². The molecule has 0 amide bonds. The van der Waals surface area contributed by atoms with Crippen LogP contribution in [0.25, 0.3) is 0 Å². The topological polar surface area (TPSA) is 27.7 Å². The summed E-state index contributed by atoms with van der Waals surface area (Å²) in [5.41, 5.74) is -0.0372. The van der Waals surface area contributed by atoms with Gasteiger partial charge in [0.25, 0.3) is 0 Å². The summed E-state index contributed by atoms with van der Waals surface area (Å²) in [6, 6.07) is 0. The monoisotopic (exact) mass is 338 g/mol. The molecule has 0 aliphatic carbocycles. The highest BCUT2D eigenvalue weighted by atomic mass is 28.4. The lowest BCUT2D eigenvalue weighted by Crippen LogP contribution is -2.58. The molecule has 19 heavy (non-hydrogen) atoms. The molecule has 3 nitrogen and oxygen atoms in total. The lowest BCUT2D eigenvalue weighted by molar-refractivity contribution is -0.0375. The van der Waals surface area contributed by atoms with Crippen LogP contribution in [0, 0.1) is 5.92 Å². The van der Waals surface area contributed by atoms with Gasteiger partial charge in [0, 0.05) is 0 Å². The highest BCUT2D eigenvalue weighted by Crippen LogP contribution is 2.32. The molecular weight excluding hydrogens is 304 g/mol. The molecule has 0 aliphatic rings. The Kier molecular flexibility index (Phi) is 7.43. The van der Waals surface area contributed by atoms with Crippen molar-refractivity contribution >= 4 is 36.9 Å². The van der Waals surface area contributed by atoms with E-state index in [2.05, 4.69) is 60.1 Å². The Hall–Kier alpha value is 0.748.